The molecule has 0 saturated carbocycles. The molecule has 1 fully saturated rings. The van der Waals surface area contributed by atoms with Crippen molar-refractivity contribution in [2.75, 3.05) is 32.7 Å². The number of halogens is 1. The highest BCUT2D eigenvalue weighted by atomic mass is 19.1. The number of Topliss-reactive ketones (excluding diaryl/α,β-unsaturated/α-hetero) is 1. The average molecular weight is 264 g/mol. The van der Waals surface area contributed by atoms with E-state index in [1.165, 1.54) is 18.6 Å². The Kier molecular flexibility index (Phi) is 5.48. The largest absolute Gasteiger partial charge is 0.315 e. The normalized spacial score (nSPS) is 17.1. The van der Waals surface area contributed by atoms with Gasteiger partial charge in [0.25, 0.3) is 0 Å². The van der Waals surface area contributed by atoms with Crippen LogP contribution in [0.25, 0.3) is 0 Å². The highest BCUT2D eigenvalue weighted by molar-refractivity contribution is 5.95. The van der Waals surface area contributed by atoms with E-state index in [0.717, 1.165) is 39.1 Å². The van der Waals surface area contributed by atoms with Gasteiger partial charge in [0.05, 0.1) is 0 Å². The summed E-state index contributed by atoms with van der Waals surface area (Å²) in [5, 5.41) is 3.36. The second-order valence-electron chi connectivity index (χ2n) is 4.98. The fourth-order valence-electron chi connectivity index (χ4n) is 2.37. The Morgan fingerprint density at radius 2 is 2.00 bits per heavy atom. The third-order valence-corrected chi connectivity index (χ3v) is 3.48. The minimum atomic E-state index is -0.298. The fourth-order valence-corrected chi connectivity index (χ4v) is 2.37. The zero-order valence-electron chi connectivity index (χ0n) is 11.2. The lowest BCUT2D eigenvalue weighted by molar-refractivity contribution is 0.0975. The van der Waals surface area contributed by atoms with E-state index >= 15 is 0 Å². The van der Waals surface area contributed by atoms with Crippen LogP contribution in [0.2, 0.25) is 0 Å². The van der Waals surface area contributed by atoms with Gasteiger partial charge in [0.2, 0.25) is 0 Å². The summed E-state index contributed by atoms with van der Waals surface area (Å²) in [6, 6.07) is 5.81. The molecule has 2 rings (SSSR count). The predicted octanol–water partition coefficient (Wildman–Crippen LogP) is 2.08. The van der Waals surface area contributed by atoms with Crippen LogP contribution in [-0.4, -0.2) is 43.4 Å². The van der Waals surface area contributed by atoms with Crippen molar-refractivity contribution in [1.82, 2.24) is 10.2 Å². The zero-order chi connectivity index (χ0) is 13.5. The molecule has 1 N–H and O–H groups in total. The smallest absolute Gasteiger partial charge is 0.162 e. The van der Waals surface area contributed by atoms with Crippen molar-refractivity contribution in [1.29, 1.82) is 0 Å². The van der Waals surface area contributed by atoms with E-state index in [1.54, 1.807) is 12.1 Å². The Hall–Kier alpha value is -1.26. The summed E-state index contributed by atoms with van der Waals surface area (Å²) < 4.78 is 12.8. The molecule has 1 aliphatic heterocycles. The molecule has 3 nitrogen and oxygen atoms in total. The number of nitrogens with zero attached hydrogens (tertiary/aromatic N) is 1. The molecule has 4 heteroatoms. The van der Waals surface area contributed by atoms with Crippen molar-refractivity contribution >= 4 is 5.78 Å². The van der Waals surface area contributed by atoms with Crippen molar-refractivity contribution in [3.63, 3.8) is 0 Å². The van der Waals surface area contributed by atoms with Gasteiger partial charge >= 0.3 is 0 Å². The lowest BCUT2D eigenvalue weighted by Crippen LogP contribution is -2.29. The van der Waals surface area contributed by atoms with Crippen LogP contribution in [0.5, 0.6) is 0 Å². The minimum absolute atomic E-state index is 0.105. The van der Waals surface area contributed by atoms with Crippen LogP contribution in [0.3, 0.4) is 0 Å². The van der Waals surface area contributed by atoms with Gasteiger partial charge in [-0.15, -0.1) is 0 Å². The van der Waals surface area contributed by atoms with Crippen LogP contribution >= 0.6 is 0 Å². The molecule has 1 aromatic carbocycles. The molecule has 0 atom stereocenters. The van der Waals surface area contributed by atoms with Crippen LogP contribution in [-0.2, 0) is 0 Å². The van der Waals surface area contributed by atoms with Crippen molar-refractivity contribution in [3.05, 3.63) is 35.6 Å². The first-order chi connectivity index (χ1) is 9.25. The van der Waals surface area contributed by atoms with Crippen LogP contribution in [0.15, 0.2) is 24.3 Å². The molecular formula is C15H21FN2O. The molecule has 0 aromatic heterocycles. The van der Waals surface area contributed by atoms with Gasteiger partial charge in [-0.2, -0.15) is 0 Å². The molecule has 0 unspecified atom stereocenters. The Morgan fingerprint density at radius 1 is 1.21 bits per heavy atom. The Balaban J connectivity index is 1.72. The van der Waals surface area contributed by atoms with Crippen molar-refractivity contribution in [2.45, 2.75) is 19.3 Å². The highest BCUT2D eigenvalue weighted by Gasteiger charge is 2.10. The standard InChI is InChI=1S/C15H21FN2O/c16-14-6-4-13(5-7-14)15(19)3-1-10-18-11-2-8-17-9-12-18/h4-7,17H,1-3,8-12H2. The number of carbonyl (C=O) groups excluding carboxylic acids is 1. The molecule has 0 radical (unpaired) electrons. The second kappa shape index (κ2) is 7.36. The third kappa shape index (κ3) is 4.73. The summed E-state index contributed by atoms with van der Waals surface area (Å²) in [7, 11) is 0. The van der Waals surface area contributed by atoms with E-state index in [9.17, 15) is 9.18 Å². The van der Waals surface area contributed by atoms with Gasteiger partial charge in [0.15, 0.2) is 5.78 Å². The Bertz CT molecular complexity index is 397. The lowest BCUT2D eigenvalue weighted by Gasteiger charge is -2.18. The number of hydrogen-bond donors (Lipinski definition) is 1. The van der Waals surface area contributed by atoms with Crippen molar-refractivity contribution in [3.8, 4) is 0 Å². The first-order valence-electron chi connectivity index (χ1n) is 6.97. The third-order valence-electron chi connectivity index (χ3n) is 3.48. The van der Waals surface area contributed by atoms with Crippen LogP contribution in [0.4, 0.5) is 4.39 Å². The molecule has 104 valence electrons. The zero-order valence-corrected chi connectivity index (χ0v) is 11.2. The molecule has 1 saturated heterocycles. The maximum atomic E-state index is 12.8. The molecule has 1 heterocycles. The summed E-state index contributed by atoms with van der Waals surface area (Å²) in [5.41, 5.74) is 0.610. The van der Waals surface area contributed by atoms with Gasteiger partial charge in [-0.25, -0.2) is 4.39 Å². The summed E-state index contributed by atoms with van der Waals surface area (Å²) in [4.78, 5) is 14.3. The van der Waals surface area contributed by atoms with Crippen LogP contribution < -0.4 is 5.32 Å². The monoisotopic (exact) mass is 264 g/mol. The van der Waals surface area contributed by atoms with Crippen molar-refractivity contribution < 1.29 is 9.18 Å². The fraction of sp³-hybridized carbons (Fsp3) is 0.533. The van der Waals surface area contributed by atoms with Gasteiger partial charge < -0.3 is 10.2 Å². The lowest BCUT2D eigenvalue weighted by atomic mass is 10.1. The molecule has 1 aliphatic rings. The molecular weight excluding hydrogens is 243 g/mol. The van der Waals surface area contributed by atoms with E-state index in [0.29, 0.717) is 12.0 Å². The SMILES string of the molecule is O=C(CCCN1CCCNCC1)c1ccc(F)cc1. The number of nitrogens with one attached hydrogen (secondary N) is 1. The summed E-state index contributed by atoms with van der Waals surface area (Å²) >= 11 is 0. The topological polar surface area (TPSA) is 32.3 Å². The number of hydrogen-bond acceptors (Lipinski definition) is 3. The maximum absolute atomic E-state index is 12.8. The second-order valence-corrected chi connectivity index (χ2v) is 4.98. The van der Waals surface area contributed by atoms with E-state index in [2.05, 4.69) is 10.2 Å². The molecule has 0 bridgehead atoms. The van der Waals surface area contributed by atoms with E-state index in [4.69, 9.17) is 0 Å². The first-order valence-corrected chi connectivity index (χ1v) is 6.97. The quantitative estimate of drug-likeness (QED) is 0.826. The number of ketones is 1. The average Bonchev–Trinajstić information content (AvgIpc) is 2.68. The summed E-state index contributed by atoms with van der Waals surface area (Å²) in [5.74, 6) is -0.193. The number of carbonyl (C=O) groups is 1. The van der Waals surface area contributed by atoms with Gasteiger partial charge in [0, 0.05) is 25.1 Å². The van der Waals surface area contributed by atoms with Gasteiger partial charge in [0.1, 0.15) is 5.82 Å². The Labute approximate surface area is 113 Å². The number of rotatable bonds is 5. The maximum Gasteiger partial charge on any atom is 0.162 e. The molecule has 19 heavy (non-hydrogen) atoms. The first kappa shape index (κ1) is 14.2. The minimum Gasteiger partial charge on any atom is -0.315 e. The molecule has 0 amide bonds. The highest BCUT2D eigenvalue weighted by Crippen LogP contribution is 2.08. The summed E-state index contributed by atoms with van der Waals surface area (Å²) in [6.07, 6.45) is 2.58. The van der Waals surface area contributed by atoms with E-state index < -0.39 is 0 Å². The van der Waals surface area contributed by atoms with Crippen LogP contribution in [0.1, 0.15) is 29.6 Å². The van der Waals surface area contributed by atoms with Gasteiger partial charge in [-0.3, -0.25) is 4.79 Å². The van der Waals surface area contributed by atoms with Gasteiger partial charge in [-0.05, 0) is 56.7 Å². The molecule has 0 spiro atoms. The van der Waals surface area contributed by atoms with Crippen molar-refractivity contribution in [2.24, 2.45) is 0 Å². The van der Waals surface area contributed by atoms with Gasteiger partial charge in [-0.1, -0.05) is 0 Å². The molecule has 0 aliphatic carbocycles. The molecule has 1 aromatic rings. The van der Waals surface area contributed by atoms with E-state index in [-0.39, 0.29) is 11.6 Å². The number of benzene rings is 1. The summed E-state index contributed by atoms with van der Waals surface area (Å²) in [6.45, 7) is 5.26. The predicted molar refractivity (Wildman–Crippen MR) is 73.9 cm³/mol. The van der Waals surface area contributed by atoms with E-state index in [1.807, 2.05) is 0 Å². The Morgan fingerprint density at radius 3 is 2.79 bits per heavy atom. The van der Waals surface area contributed by atoms with Crippen LogP contribution in [0, 0.1) is 5.82 Å².